The lowest BCUT2D eigenvalue weighted by Gasteiger charge is -2.11. The van der Waals surface area contributed by atoms with Gasteiger partial charge in [0.25, 0.3) is 0 Å². The Bertz CT molecular complexity index is 381. The minimum absolute atomic E-state index is 0.0798. The van der Waals surface area contributed by atoms with Crippen LogP contribution in [0, 0.1) is 0 Å². The third-order valence-electron chi connectivity index (χ3n) is 3.22. The topological polar surface area (TPSA) is 50.4 Å². The van der Waals surface area contributed by atoms with Crippen molar-refractivity contribution in [3.8, 4) is 0 Å². The Kier molecular flexibility index (Phi) is 4.73. The van der Waals surface area contributed by atoms with E-state index in [2.05, 4.69) is 22.8 Å². The summed E-state index contributed by atoms with van der Waals surface area (Å²) in [4.78, 5) is 11.3. The molecule has 0 aromatic heterocycles. The van der Waals surface area contributed by atoms with Gasteiger partial charge in [-0.25, -0.2) is 0 Å². The number of ether oxygens (including phenoxy) is 1. The SMILES string of the molecule is CNC(=O)C[C@@H]1C[C@@H](OCc2ccccc2)CN1. The molecule has 4 nitrogen and oxygen atoms in total. The number of carbonyl (C=O) groups excluding carboxylic acids is 1. The summed E-state index contributed by atoms with van der Waals surface area (Å²) in [7, 11) is 1.67. The fraction of sp³-hybridized carbons (Fsp3) is 0.500. The second-order valence-electron chi connectivity index (χ2n) is 4.64. The molecular weight excluding hydrogens is 228 g/mol. The van der Waals surface area contributed by atoms with E-state index in [0.717, 1.165) is 13.0 Å². The van der Waals surface area contributed by atoms with E-state index in [-0.39, 0.29) is 18.1 Å². The van der Waals surface area contributed by atoms with Gasteiger partial charge in [-0.1, -0.05) is 30.3 Å². The van der Waals surface area contributed by atoms with Gasteiger partial charge in [0.1, 0.15) is 0 Å². The highest BCUT2D eigenvalue weighted by molar-refractivity contribution is 5.76. The van der Waals surface area contributed by atoms with E-state index in [1.165, 1.54) is 5.56 Å². The molecule has 1 aromatic rings. The fourth-order valence-corrected chi connectivity index (χ4v) is 2.18. The van der Waals surface area contributed by atoms with Crippen molar-refractivity contribution in [3.05, 3.63) is 35.9 Å². The number of hydrogen-bond donors (Lipinski definition) is 2. The van der Waals surface area contributed by atoms with Crippen molar-refractivity contribution in [2.45, 2.75) is 31.6 Å². The van der Waals surface area contributed by atoms with Crippen LogP contribution in [0.1, 0.15) is 18.4 Å². The van der Waals surface area contributed by atoms with Crippen LogP contribution in [0.3, 0.4) is 0 Å². The molecule has 1 heterocycles. The Morgan fingerprint density at radius 2 is 2.22 bits per heavy atom. The van der Waals surface area contributed by atoms with E-state index in [9.17, 15) is 4.79 Å². The molecule has 1 amide bonds. The molecular formula is C14H20N2O2. The Balaban J connectivity index is 1.71. The zero-order chi connectivity index (χ0) is 12.8. The highest BCUT2D eigenvalue weighted by atomic mass is 16.5. The maximum absolute atomic E-state index is 11.3. The first-order valence-electron chi connectivity index (χ1n) is 6.37. The third kappa shape index (κ3) is 3.82. The molecule has 1 aromatic carbocycles. The summed E-state index contributed by atoms with van der Waals surface area (Å²) in [5, 5.41) is 5.97. The number of carbonyl (C=O) groups is 1. The zero-order valence-electron chi connectivity index (χ0n) is 10.7. The quantitative estimate of drug-likeness (QED) is 0.819. The van der Waals surface area contributed by atoms with E-state index in [1.807, 2.05) is 18.2 Å². The fourth-order valence-electron chi connectivity index (χ4n) is 2.18. The highest BCUT2D eigenvalue weighted by Gasteiger charge is 2.25. The first-order chi connectivity index (χ1) is 8.78. The van der Waals surface area contributed by atoms with Crippen molar-refractivity contribution in [3.63, 3.8) is 0 Å². The van der Waals surface area contributed by atoms with Crippen LogP contribution in [0.4, 0.5) is 0 Å². The van der Waals surface area contributed by atoms with E-state index in [1.54, 1.807) is 7.05 Å². The van der Waals surface area contributed by atoms with Crippen molar-refractivity contribution in [2.24, 2.45) is 0 Å². The molecule has 0 spiro atoms. The van der Waals surface area contributed by atoms with Crippen LogP contribution in [0.2, 0.25) is 0 Å². The van der Waals surface area contributed by atoms with E-state index in [0.29, 0.717) is 13.0 Å². The monoisotopic (exact) mass is 248 g/mol. The molecule has 2 N–H and O–H groups in total. The van der Waals surface area contributed by atoms with Crippen LogP contribution >= 0.6 is 0 Å². The maximum atomic E-state index is 11.3. The first-order valence-corrected chi connectivity index (χ1v) is 6.37. The zero-order valence-corrected chi connectivity index (χ0v) is 10.7. The van der Waals surface area contributed by atoms with Crippen molar-refractivity contribution in [1.82, 2.24) is 10.6 Å². The summed E-state index contributed by atoms with van der Waals surface area (Å²) in [5.74, 6) is 0.0798. The lowest BCUT2D eigenvalue weighted by atomic mass is 10.1. The van der Waals surface area contributed by atoms with Crippen LogP contribution in [-0.2, 0) is 16.1 Å². The summed E-state index contributed by atoms with van der Waals surface area (Å²) in [6.45, 7) is 1.47. The van der Waals surface area contributed by atoms with Gasteiger partial charge in [-0.2, -0.15) is 0 Å². The van der Waals surface area contributed by atoms with Gasteiger partial charge >= 0.3 is 0 Å². The molecule has 2 rings (SSSR count). The van der Waals surface area contributed by atoms with Crippen molar-refractivity contribution in [1.29, 1.82) is 0 Å². The Hall–Kier alpha value is -1.39. The Morgan fingerprint density at radius 1 is 1.44 bits per heavy atom. The summed E-state index contributed by atoms with van der Waals surface area (Å²) in [5.41, 5.74) is 1.19. The predicted molar refractivity (Wildman–Crippen MR) is 70.1 cm³/mol. The van der Waals surface area contributed by atoms with Gasteiger partial charge in [-0.05, 0) is 12.0 Å². The number of rotatable bonds is 5. The van der Waals surface area contributed by atoms with Gasteiger partial charge in [0, 0.05) is 26.1 Å². The molecule has 0 aliphatic carbocycles. The number of benzene rings is 1. The summed E-state index contributed by atoms with van der Waals surface area (Å²) in [6, 6.07) is 10.4. The Labute approximate surface area is 108 Å². The number of nitrogens with one attached hydrogen (secondary N) is 2. The molecule has 1 fully saturated rings. The largest absolute Gasteiger partial charge is 0.372 e. The lowest BCUT2D eigenvalue weighted by molar-refractivity contribution is -0.121. The minimum Gasteiger partial charge on any atom is -0.372 e. The van der Waals surface area contributed by atoms with E-state index < -0.39 is 0 Å². The molecule has 18 heavy (non-hydrogen) atoms. The van der Waals surface area contributed by atoms with E-state index in [4.69, 9.17) is 4.74 Å². The predicted octanol–water partition coefficient (Wildman–Crippen LogP) is 1.07. The van der Waals surface area contributed by atoms with Gasteiger partial charge in [0.05, 0.1) is 12.7 Å². The Morgan fingerprint density at radius 3 is 2.94 bits per heavy atom. The van der Waals surface area contributed by atoms with Crippen LogP contribution in [0.5, 0.6) is 0 Å². The molecule has 98 valence electrons. The molecule has 0 radical (unpaired) electrons. The molecule has 1 aliphatic rings. The summed E-state index contributed by atoms with van der Waals surface area (Å²) < 4.78 is 5.84. The average molecular weight is 248 g/mol. The third-order valence-corrected chi connectivity index (χ3v) is 3.22. The van der Waals surface area contributed by atoms with Crippen molar-refractivity contribution < 1.29 is 9.53 Å². The van der Waals surface area contributed by atoms with Crippen LogP contribution in [0.25, 0.3) is 0 Å². The van der Waals surface area contributed by atoms with Gasteiger partial charge in [-0.15, -0.1) is 0 Å². The number of hydrogen-bond acceptors (Lipinski definition) is 3. The van der Waals surface area contributed by atoms with Crippen molar-refractivity contribution in [2.75, 3.05) is 13.6 Å². The second kappa shape index (κ2) is 6.52. The molecule has 1 saturated heterocycles. The van der Waals surface area contributed by atoms with E-state index >= 15 is 0 Å². The van der Waals surface area contributed by atoms with Gasteiger partial charge in [0.2, 0.25) is 5.91 Å². The van der Waals surface area contributed by atoms with Crippen LogP contribution in [-0.4, -0.2) is 31.6 Å². The highest BCUT2D eigenvalue weighted by Crippen LogP contribution is 2.15. The molecule has 1 aliphatic heterocycles. The second-order valence-corrected chi connectivity index (χ2v) is 4.64. The first kappa shape index (κ1) is 13.1. The molecule has 0 bridgehead atoms. The normalized spacial score (nSPS) is 22.9. The minimum atomic E-state index is 0.0798. The van der Waals surface area contributed by atoms with Gasteiger partial charge in [-0.3, -0.25) is 4.79 Å². The molecule has 0 saturated carbocycles. The number of amides is 1. The van der Waals surface area contributed by atoms with Crippen LogP contribution < -0.4 is 10.6 Å². The maximum Gasteiger partial charge on any atom is 0.221 e. The molecule has 2 atom stereocenters. The van der Waals surface area contributed by atoms with Gasteiger partial charge < -0.3 is 15.4 Å². The van der Waals surface area contributed by atoms with Crippen molar-refractivity contribution >= 4 is 5.91 Å². The lowest BCUT2D eigenvalue weighted by Crippen LogP contribution is -2.29. The smallest absolute Gasteiger partial charge is 0.221 e. The molecule has 4 heteroatoms. The standard InChI is InChI=1S/C14H20N2O2/c1-15-14(17)8-12-7-13(9-16-12)18-10-11-5-3-2-4-6-11/h2-6,12-13,16H,7-10H2,1H3,(H,15,17)/t12-,13+/m0/s1. The molecule has 0 unspecified atom stereocenters. The van der Waals surface area contributed by atoms with Crippen LogP contribution in [0.15, 0.2) is 30.3 Å². The summed E-state index contributed by atoms with van der Waals surface area (Å²) in [6.07, 6.45) is 1.64. The van der Waals surface area contributed by atoms with Gasteiger partial charge in [0.15, 0.2) is 0 Å². The average Bonchev–Trinajstić information content (AvgIpc) is 2.85. The summed E-state index contributed by atoms with van der Waals surface area (Å²) >= 11 is 0.